The normalized spacial score (nSPS) is 12.9. The maximum Gasteiger partial charge on any atom is 0.278 e. The summed E-state index contributed by atoms with van der Waals surface area (Å²) in [6.07, 6.45) is 0. The maximum absolute atomic E-state index is 13.6. The molecule has 0 saturated heterocycles. The number of ether oxygens (including phenoxy) is 2. The predicted molar refractivity (Wildman–Crippen MR) is 131 cm³/mol. The molecule has 8 nitrogen and oxygen atoms in total. The van der Waals surface area contributed by atoms with Crippen molar-refractivity contribution in [2.75, 3.05) is 36.8 Å². The molecule has 1 aliphatic heterocycles. The van der Waals surface area contributed by atoms with Crippen LogP contribution in [0.4, 0.5) is 16.5 Å². The number of methoxy groups -OCH3 is 2. The lowest BCUT2D eigenvalue weighted by Gasteiger charge is -2.29. The molecule has 0 bridgehead atoms. The minimum absolute atomic E-state index is 0.192. The number of thiazole rings is 1. The van der Waals surface area contributed by atoms with Crippen LogP contribution in [0.2, 0.25) is 5.15 Å². The van der Waals surface area contributed by atoms with E-state index in [0.717, 1.165) is 16.9 Å². The standard InChI is InChI=1S/C23H20ClN5O3S/c1-31-16-7-15(8-17(9-16)32-2)28-12-26-18-10-20(24)29(21(18)22(28)30)14-5-3-13(4-6-14)19-11-33-23(25)27-19/h3-11,26H,12H2,1-2H3,(H2,25,27). The van der Waals surface area contributed by atoms with E-state index in [1.807, 2.05) is 29.6 Å². The first kappa shape index (κ1) is 21.2. The minimum Gasteiger partial charge on any atom is -0.497 e. The van der Waals surface area contributed by atoms with Crippen LogP contribution in [0.25, 0.3) is 16.9 Å². The number of nitrogens with zero attached hydrogens (tertiary/aromatic N) is 3. The van der Waals surface area contributed by atoms with E-state index in [1.54, 1.807) is 48.0 Å². The lowest BCUT2D eigenvalue weighted by atomic mass is 10.1. The second kappa shape index (κ2) is 8.34. The molecule has 33 heavy (non-hydrogen) atoms. The number of amides is 1. The van der Waals surface area contributed by atoms with Crippen LogP contribution < -0.4 is 25.4 Å². The molecule has 0 spiro atoms. The van der Waals surface area contributed by atoms with Gasteiger partial charge in [0.25, 0.3) is 5.91 Å². The van der Waals surface area contributed by atoms with E-state index in [1.165, 1.54) is 11.3 Å². The fraction of sp³-hybridized carbons (Fsp3) is 0.130. The van der Waals surface area contributed by atoms with Crippen LogP contribution in [0.15, 0.2) is 53.9 Å². The third kappa shape index (κ3) is 3.75. The van der Waals surface area contributed by atoms with Gasteiger partial charge in [-0.3, -0.25) is 14.3 Å². The highest BCUT2D eigenvalue weighted by molar-refractivity contribution is 7.13. The fourth-order valence-corrected chi connectivity index (χ4v) is 4.66. The van der Waals surface area contributed by atoms with E-state index in [2.05, 4.69) is 10.3 Å². The molecule has 0 fully saturated rings. The Labute approximate surface area is 199 Å². The summed E-state index contributed by atoms with van der Waals surface area (Å²) >= 11 is 7.96. The Balaban J connectivity index is 1.53. The Bertz CT molecular complexity index is 1330. The van der Waals surface area contributed by atoms with Gasteiger partial charge in [-0.1, -0.05) is 23.7 Å². The Morgan fingerprint density at radius 3 is 2.36 bits per heavy atom. The van der Waals surface area contributed by atoms with Crippen molar-refractivity contribution < 1.29 is 14.3 Å². The Kier molecular flexibility index (Phi) is 5.35. The number of benzene rings is 2. The van der Waals surface area contributed by atoms with Crippen molar-refractivity contribution in [3.63, 3.8) is 0 Å². The van der Waals surface area contributed by atoms with Crippen molar-refractivity contribution in [1.29, 1.82) is 0 Å². The van der Waals surface area contributed by atoms with Gasteiger partial charge in [0.05, 0.1) is 38.0 Å². The number of carbonyl (C=O) groups is 1. The largest absolute Gasteiger partial charge is 0.497 e. The second-order valence-corrected chi connectivity index (χ2v) is 8.60. The zero-order valence-corrected chi connectivity index (χ0v) is 19.4. The fourth-order valence-electron chi connectivity index (χ4n) is 3.80. The van der Waals surface area contributed by atoms with Crippen LogP contribution in [-0.2, 0) is 0 Å². The molecule has 0 radical (unpaired) electrons. The van der Waals surface area contributed by atoms with Gasteiger partial charge in [-0.25, -0.2) is 4.98 Å². The van der Waals surface area contributed by atoms with Gasteiger partial charge < -0.3 is 20.5 Å². The molecule has 4 aromatic rings. The van der Waals surface area contributed by atoms with Crippen molar-refractivity contribution in [2.24, 2.45) is 0 Å². The number of nitrogens with one attached hydrogen (secondary N) is 1. The van der Waals surface area contributed by atoms with Crippen molar-refractivity contribution in [2.45, 2.75) is 0 Å². The number of nitrogens with two attached hydrogens (primary N) is 1. The zero-order valence-electron chi connectivity index (χ0n) is 17.8. The van der Waals surface area contributed by atoms with Gasteiger partial charge in [0.15, 0.2) is 5.13 Å². The van der Waals surface area contributed by atoms with Crippen LogP contribution in [0.1, 0.15) is 10.5 Å². The summed E-state index contributed by atoms with van der Waals surface area (Å²) in [4.78, 5) is 19.6. The third-order valence-electron chi connectivity index (χ3n) is 5.42. The van der Waals surface area contributed by atoms with E-state index in [-0.39, 0.29) is 12.6 Å². The van der Waals surface area contributed by atoms with Crippen LogP contribution in [0.5, 0.6) is 11.5 Å². The van der Waals surface area contributed by atoms with Gasteiger partial charge in [0.1, 0.15) is 22.3 Å². The average molecular weight is 482 g/mol. The molecule has 3 N–H and O–H groups in total. The van der Waals surface area contributed by atoms with Gasteiger partial charge in [-0.05, 0) is 18.2 Å². The van der Waals surface area contributed by atoms with Gasteiger partial charge in [-0.15, -0.1) is 11.3 Å². The van der Waals surface area contributed by atoms with Crippen LogP contribution in [0.3, 0.4) is 0 Å². The summed E-state index contributed by atoms with van der Waals surface area (Å²) < 4.78 is 12.5. The van der Waals surface area contributed by atoms with Gasteiger partial charge in [-0.2, -0.15) is 0 Å². The van der Waals surface area contributed by atoms with Crippen molar-refractivity contribution in [3.05, 3.63) is 64.8 Å². The molecular formula is C23H20ClN5O3S. The number of anilines is 3. The first-order valence-electron chi connectivity index (χ1n) is 10.0. The second-order valence-electron chi connectivity index (χ2n) is 7.32. The smallest absolute Gasteiger partial charge is 0.278 e. The van der Waals surface area contributed by atoms with Gasteiger partial charge in [0.2, 0.25) is 0 Å². The Hall–Kier alpha value is -3.69. The van der Waals surface area contributed by atoms with Gasteiger partial charge >= 0.3 is 0 Å². The number of rotatable bonds is 5. The van der Waals surface area contributed by atoms with E-state index in [0.29, 0.717) is 38.9 Å². The Morgan fingerprint density at radius 1 is 1.06 bits per heavy atom. The minimum atomic E-state index is -0.192. The summed E-state index contributed by atoms with van der Waals surface area (Å²) in [5.74, 6) is 0.992. The van der Waals surface area contributed by atoms with E-state index in [9.17, 15) is 4.79 Å². The highest BCUT2D eigenvalue weighted by atomic mass is 35.5. The third-order valence-corrected chi connectivity index (χ3v) is 6.37. The lowest BCUT2D eigenvalue weighted by molar-refractivity contribution is 0.0979. The highest BCUT2D eigenvalue weighted by Gasteiger charge is 2.31. The topological polar surface area (TPSA) is 94.6 Å². The lowest BCUT2D eigenvalue weighted by Crippen LogP contribution is -2.40. The molecule has 10 heteroatoms. The van der Waals surface area contributed by atoms with E-state index >= 15 is 0 Å². The quantitative estimate of drug-likeness (QED) is 0.421. The first-order valence-corrected chi connectivity index (χ1v) is 11.3. The van der Waals surface area contributed by atoms with Crippen molar-refractivity contribution in [1.82, 2.24) is 9.55 Å². The van der Waals surface area contributed by atoms with Crippen LogP contribution >= 0.6 is 22.9 Å². The monoisotopic (exact) mass is 481 g/mol. The first-order chi connectivity index (χ1) is 16.0. The molecule has 0 saturated carbocycles. The SMILES string of the molecule is COc1cc(OC)cc(N2CNc3cc(Cl)n(-c4ccc(-c5csc(N)n5)cc4)c3C2=O)c1. The molecule has 5 rings (SSSR count). The molecule has 0 aliphatic carbocycles. The zero-order chi connectivity index (χ0) is 23.1. The van der Waals surface area contributed by atoms with Crippen molar-refractivity contribution >= 4 is 45.4 Å². The number of hydrogen-bond donors (Lipinski definition) is 2. The molecular weight excluding hydrogens is 462 g/mol. The molecule has 1 aliphatic rings. The summed E-state index contributed by atoms with van der Waals surface area (Å²) in [5.41, 5.74) is 10.0. The molecule has 0 unspecified atom stereocenters. The van der Waals surface area contributed by atoms with Crippen LogP contribution in [-0.4, -0.2) is 36.3 Å². The van der Waals surface area contributed by atoms with Gasteiger partial charge in [0, 0.05) is 34.8 Å². The summed E-state index contributed by atoms with van der Waals surface area (Å²) in [7, 11) is 3.14. The maximum atomic E-state index is 13.6. The molecule has 1 amide bonds. The number of nitrogen functional groups attached to an aromatic ring is 1. The molecule has 0 atom stereocenters. The van der Waals surface area contributed by atoms with E-state index < -0.39 is 0 Å². The highest BCUT2D eigenvalue weighted by Crippen LogP contribution is 2.36. The summed E-state index contributed by atoms with van der Waals surface area (Å²) in [6, 6.07) is 14.7. The summed E-state index contributed by atoms with van der Waals surface area (Å²) in [5, 5.41) is 6.13. The molecule has 3 heterocycles. The molecule has 2 aromatic carbocycles. The van der Waals surface area contributed by atoms with Crippen molar-refractivity contribution in [3.8, 4) is 28.4 Å². The average Bonchev–Trinajstić information content (AvgIpc) is 3.42. The molecule has 168 valence electrons. The number of carbonyl (C=O) groups excluding carboxylic acids is 1. The number of aromatic nitrogens is 2. The molecule has 2 aromatic heterocycles. The summed E-state index contributed by atoms with van der Waals surface area (Å²) in [6.45, 7) is 0.284. The number of halogens is 1. The number of hydrogen-bond acceptors (Lipinski definition) is 7. The predicted octanol–water partition coefficient (Wildman–Crippen LogP) is 4.88. The van der Waals surface area contributed by atoms with E-state index in [4.69, 9.17) is 26.8 Å². The Morgan fingerprint density at radius 2 is 1.76 bits per heavy atom. The van der Waals surface area contributed by atoms with Crippen LogP contribution in [0, 0.1) is 0 Å². The number of fused-ring (bicyclic) bond motifs is 1.